The van der Waals surface area contributed by atoms with Crippen molar-refractivity contribution in [1.29, 1.82) is 0 Å². The molecule has 0 unspecified atom stereocenters. The predicted molar refractivity (Wildman–Crippen MR) is 117 cm³/mol. The third kappa shape index (κ3) is 4.68. The van der Waals surface area contributed by atoms with Crippen LogP contribution in [0.3, 0.4) is 0 Å². The lowest BCUT2D eigenvalue weighted by Crippen LogP contribution is -2.49. The molecule has 1 saturated heterocycles. The number of sulfonamides is 1. The lowest BCUT2D eigenvalue weighted by molar-refractivity contribution is 0.0746. The number of carbonyl (C=O) groups is 1. The third-order valence-corrected chi connectivity index (χ3v) is 7.56. The Hall–Kier alpha value is -1.58. The standard InChI is InChI=1S/C19H19Cl3N4O3S/c20-12-1-4-18(23-11-12)25-5-7-26(8-6-25)19(27)14-9-17(16(22)10-15(14)21)30(28,29)24-13-2-3-13/h1,4,9-11,13,24H,2-3,5-8H2. The fourth-order valence-corrected chi connectivity index (χ4v) is 5.52. The molecule has 1 aromatic carbocycles. The number of benzene rings is 1. The van der Waals surface area contributed by atoms with Gasteiger partial charge in [0.05, 0.1) is 20.6 Å². The van der Waals surface area contributed by atoms with E-state index in [2.05, 4.69) is 14.6 Å². The predicted octanol–water partition coefficient (Wildman–Crippen LogP) is 3.44. The van der Waals surface area contributed by atoms with Crippen molar-refractivity contribution in [3.05, 3.63) is 51.1 Å². The van der Waals surface area contributed by atoms with E-state index in [0.717, 1.165) is 18.7 Å². The summed E-state index contributed by atoms with van der Waals surface area (Å²) in [6.45, 7) is 2.06. The Balaban J connectivity index is 1.50. The van der Waals surface area contributed by atoms with E-state index in [1.54, 1.807) is 17.2 Å². The summed E-state index contributed by atoms with van der Waals surface area (Å²) in [5.41, 5.74) is 0.121. The average Bonchev–Trinajstić information content (AvgIpc) is 3.51. The summed E-state index contributed by atoms with van der Waals surface area (Å²) in [7, 11) is -3.82. The maximum atomic E-state index is 13.1. The number of hydrogen-bond donors (Lipinski definition) is 1. The van der Waals surface area contributed by atoms with E-state index in [9.17, 15) is 13.2 Å². The molecular weight excluding hydrogens is 471 g/mol. The Labute approximate surface area is 190 Å². The SMILES string of the molecule is O=C(c1cc(S(=O)(=O)NC2CC2)c(Cl)cc1Cl)N1CCN(c2ccc(Cl)cn2)CC1. The lowest BCUT2D eigenvalue weighted by atomic mass is 10.1. The molecule has 4 rings (SSSR count). The Bertz CT molecular complexity index is 1070. The number of carbonyl (C=O) groups excluding carboxylic acids is 1. The van der Waals surface area contributed by atoms with Gasteiger partial charge in [-0.2, -0.15) is 0 Å². The monoisotopic (exact) mass is 488 g/mol. The zero-order chi connectivity index (χ0) is 21.5. The van der Waals surface area contributed by atoms with Gasteiger partial charge in [0.1, 0.15) is 10.7 Å². The molecule has 2 aromatic rings. The number of halogens is 3. The molecule has 30 heavy (non-hydrogen) atoms. The van der Waals surface area contributed by atoms with Crippen molar-refractivity contribution in [1.82, 2.24) is 14.6 Å². The molecule has 0 bridgehead atoms. The van der Waals surface area contributed by atoms with E-state index >= 15 is 0 Å². The summed E-state index contributed by atoms with van der Waals surface area (Å²) in [5.74, 6) is 0.457. The second-order valence-corrected chi connectivity index (χ2v) is 10.2. The number of nitrogens with zero attached hydrogens (tertiary/aromatic N) is 3. The van der Waals surface area contributed by atoms with Crippen molar-refractivity contribution in [2.45, 2.75) is 23.8 Å². The van der Waals surface area contributed by atoms with Crippen LogP contribution in [0.15, 0.2) is 35.4 Å². The largest absolute Gasteiger partial charge is 0.353 e. The van der Waals surface area contributed by atoms with E-state index in [4.69, 9.17) is 34.8 Å². The van der Waals surface area contributed by atoms with Crippen molar-refractivity contribution in [2.24, 2.45) is 0 Å². The van der Waals surface area contributed by atoms with Gasteiger partial charge in [-0.25, -0.2) is 18.1 Å². The maximum absolute atomic E-state index is 13.1. The molecule has 2 heterocycles. The fourth-order valence-electron chi connectivity index (χ4n) is 3.25. The van der Waals surface area contributed by atoms with Gasteiger partial charge >= 0.3 is 0 Å². The second kappa shape index (κ2) is 8.51. The first-order valence-corrected chi connectivity index (χ1v) is 12.0. The molecule has 1 amide bonds. The maximum Gasteiger partial charge on any atom is 0.255 e. The number of piperazine rings is 1. The van der Waals surface area contributed by atoms with Crippen LogP contribution in [0.4, 0.5) is 5.82 Å². The molecule has 0 atom stereocenters. The molecule has 1 aliphatic heterocycles. The minimum absolute atomic E-state index is 0.0108. The van der Waals surface area contributed by atoms with Gasteiger partial charge in [-0.05, 0) is 37.1 Å². The molecule has 1 N–H and O–H groups in total. The molecule has 1 saturated carbocycles. The van der Waals surface area contributed by atoms with Crippen molar-refractivity contribution >= 4 is 56.6 Å². The van der Waals surface area contributed by atoms with Gasteiger partial charge in [0.25, 0.3) is 5.91 Å². The molecular formula is C19H19Cl3N4O3S. The number of amides is 1. The summed E-state index contributed by atoms with van der Waals surface area (Å²) >= 11 is 18.3. The van der Waals surface area contributed by atoms with Gasteiger partial charge in [-0.15, -0.1) is 0 Å². The highest BCUT2D eigenvalue weighted by Gasteiger charge is 2.31. The lowest BCUT2D eigenvalue weighted by Gasteiger charge is -2.35. The number of aromatic nitrogens is 1. The first kappa shape index (κ1) is 21.6. The van der Waals surface area contributed by atoms with E-state index in [1.807, 2.05) is 6.07 Å². The van der Waals surface area contributed by atoms with Crippen molar-refractivity contribution < 1.29 is 13.2 Å². The van der Waals surface area contributed by atoms with Crippen LogP contribution in [0.25, 0.3) is 0 Å². The molecule has 2 fully saturated rings. The summed E-state index contributed by atoms with van der Waals surface area (Å²) in [5, 5.41) is 0.673. The zero-order valence-electron chi connectivity index (χ0n) is 15.8. The zero-order valence-corrected chi connectivity index (χ0v) is 18.9. The summed E-state index contributed by atoms with van der Waals surface area (Å²) in [6.07, 6.45) is 3.17. The smallest absolute Gasteiger partial charge is 0.255 e. The molecule has 7 nitrogen and oxygen atoms in total. The van der Waals surface area contributed by atoms with E-state index in [0.29, 0.717) is 31.2 Å². The molecule has 1 aliphatic carbocycles. The quantitative estimate of drug-likeness (QED) is 0.696. The second-order valence-electron chi connectivity index (χ2n) is 7.27. The molecule has 0 spiro atoms. The van der Waals surface area contributed by atoms with Crippen molar-refractivity contribution in [2.75, 3.05) is 31.1 Å². The van der Waals surface area contributed by atoms with Crippen LogP contribution in [-0.2, 0) is 10.0 Å². The number of anilines is 1. The van der Waals surface area contributed by atoms with Crippen LogP contribution >= 0.6 is 34.8 Å². The summed E-state index contributed by atoms with van der Waals surface area (Å²) in [4.78, 5) is 20.9. The van der Waals surface area contributed by atoms with Gasteiger partial charge in [0.15, 0.2) is 0 Å². The minimum Gasteiger partial charge on any atom is -0.353 e. The van der Waals surface area contributed by atoms with Gasteiger partial charge in [-0.3, -0.25) is 4.79 Å². The number of rotatable bonds is 5. The third-order valence-electron chi connectivity index (χ3n) is 5.04. The molecule has 11 heteroatoms. The highest BCUT2D eigenvalue weighted by atomic mass is 35.5. The van der Waals surface area contributed by atoms with Crippen LogP contribution in [0.5, 0.6) is 0 Å². The van der Waals surface area contributed by atoms with Crippen molar-refractivity contribution in [3.63, 3.8) is 0 Å². The molecule has 0 radical (unpaired) electrons. The Morgan fingerprint density at radius 1 is 1.03 bits per heavy atom. The van der Waals surface area contributed by atoms with E-state index < -0.39 is 10.0 Å². The highest BCUT2D eigenvalue weighted by Crippen LogP contribution is 2.31. The molecule has 1 aromatic heterocycles. The van der Waals surface area contributed by atoms with Crippen LogP contribution in [0.1, 0.15) is 23.2 Å². The average molecular weight is 490 g/mol. The van der Waals surface area contributed by atoms with Crippen LogP contribution in [0, 0.1) is 0 Å². The van der Waals surface area contributed by atoms with Gasteiger partial charge in [0, 0.05) is 38.4 Å². The molecule has 160 valence electrons. The fraction of sp³-hybridized carbons (Fsp3) is 0.368. The van der Waals surface area contributed by atoms with Crippen molar-refractivity contribution in [3.8, 4) is 0 Å². The number of hydrogen-bond acceptors (Lipinski definition) is 5. The Kier molecular flexibility index (Phi) is 6.14. The van der Waals surface area contributed by atoms with Crippen LogP contribution < -0.4 is 9.62 Å². The molecule has 2 aliphatic rings. The minimum atomic E-state index is -3.82. The van der Waals surface area contributed by atoms with Gasteiger partial charge in [0.2, 0.25) is 10.0 Å². The van der Waals surface area contributed by atoms with Crippen LogP contribution in [0.2, 0.25) is 15.1 Å². The van der Waals surface area contributed by atoms with Gasteiger partial charge < -0.3 is 9.80 Å². The Morgan fingerprint density at radius 2 is 1.73 bits per heavy atom. The number of nitrogens with one attached hydrogen (secondary N) is 1. The van der Waals surface area contributed by atoms with E-state index in [1.165, 1.54) is 12.1 Å². The highest BCUT2D eigenvalue weighted by molar-refractivity contribution is 7.89. The van der Waals surface area contributed by atoms with Gasteiger partial charge in [-0.1, -0.05) is 34.8 Å². The first-order valence-electron chi connectivity index (χ1n) is 9.42. The summed E-state index contributed by atoms with van der Waals surface area (Å²) in [6, 6.07) is 6.11. The normalized spacial score (nSPS) is 17.3. The first-order chi connectivity index (χ1) is 14.2. The Morgan fingerprint density at radius 3 is 2.33 bits per heavy atom. The summed E-state index contributed by atoms with van der Waals surface area (Å²) < 4.78 is 27.8. The topological polar surface area (TPSA) is 82.6 Å². The van der Waals surface area contributed by atoms with E-state index in [-0.39, 0.29) is 32.5 Å². The number of pyridine rings is 1. The van der Waals surface area contributed by atoms with Crippen LogP contribution in [-0.4, -0.2) is 56.4 Å².